The van der Waals surface area contributed by atoms with Crippen LogP contribution in [-0.2, 0) is 0 Å². The van der Waals surface area contributed by atoms with Gasteiger partial charge in [0.05, 0.1) is 11.9 Å². The van der Waals surface area contributed by atoms with Crippen molar-refractivity contribution in [2.24, 2.45) is 0 Å². The van der Waals surface area contributed by atoms with E-state index in [4.69, 9.17) is 5.73 Å². The molecule has 1 rings (SSSR count). The first-order valence-corrected chi connectivity index (χ1v) is 5.89. The Morgan fingerprint density at radius 2 is 1.95 bits per heavy atom. The van der Waals surface area contributed by atoms with Gasteiger partial charge < -0.3 is 16.0 Å². The van der Waals surface area contributed by atoms with Gasteiger partial charge in [-0.3, -0.25) is 4.79 Å². The molecular formula is C12H22Cl2N4O. The molecule has 1 aromatic rings. The lowest BCUT2D eigenvalue weighted by Gasteiger charge is -2.17. The molecule has 19 heavy (non-hydrogen) atoms. The van der Waals surface area contributed by atoms with Crippen molar-refractivity contribution in [3.63, 3.8) is 0 Å². The molecule has 1 heterocycles. The number of nitrogens with one attached hydrogen (secondary N) is 1. The Morgan fingerprint density at radius 3 is 2.42 bits per heavy atom. The highest BCUT2D eigenvalue weighted by molar-refractivity contribution is 5.92. The third-order valence-electron chi connectivity index (χ3n) is 2.63. The van der Waals surface area contributed by atoms with Crippen LogP contribution in [0, 0.1) is 0 Å². The Balaban J connectivity index is 0. The van der Waals surface area contributed by atoms with Gasteiger partial charge in [0.15, 0.2) is 0 Å². The van der Waals surface area contributed by atoms with Crippen LogP contribution in [0.3, 0.4) is 0 Å². The molecule has 0 aromatic carbocycles. The average Bonchev–Trinajstić information content (AvgIpc) is 2.35. The van der Waals surface area contributed by atoms with Crippen molar-refractivity contribution >= 4 is 36.4 Å². The number of carbonyl (C=O) groups excluding carboxylic acids is 1. The summed E-state index contributed by atoms with van der Waals surface area (Å²) in [6.07, 6.45) is 1.49. The van der Waals surface area contributed by atoms with Crippen LogP contribution >= 0.6 is 24.8 Å². The number of nitrogens with zero attached hydrogens (tertiary/aromatic N) is 2. The van der Waals surface area contributed by atoms with Crippen LogP contribution in [0.15, 0.2) is 18.3 Å². The second-order valence-corrected chi connectivity index (χ2v) is 3.76. The number of aromatic nitrogens is 1. The van der Waals surface area contributed by atoms with Gasteiger partial charge in [-0.15, -0.1) is 24.8 Å². The largest absolute Gasteiger partial charge is 0.397 e. The first kappa shape index (κ1) is 20.3. The Morgan fingerprint density at radius 1 is 1.32 bits per heavy atom. The average molecular weight is 309 g/mol. The van der Waals surface area contributed by atoms with E-state index < -0.39 is 0 Å². The molecule has 1 amide bonds. The third kappa shape index (κ3) is 7.20. The first-order valence-electron chi connectivity index (χ1n) is 5.89. The number of hydrogen-bond donors (Lipinski definition) is 2. The van der Waals surface area contributed by atoms with Crippen LogP contribution in [0.2, 0.25) is 0 Å². The zero-order chi connectivity index (χ0) is 12.7. The van der Waals surface area contributed by atoms with Crippen molar-refractivity contribution in [3.8, 4) is 0 Å². The van der Waals surface area contributed by atoms with Crippen LogP contribution in [-0.4, -0.2) is 42.0 Å². The number of rotatable bonds is 6. The van der Waals surface area contributed by atoms with Gasteiger partial charge >= 0.3 is 0 Å². The molecule has 1 aromatic heterocycles. The number of carbonyl (C=O) groups is 1. The van der Waals surface area contributed by atoms with Crippen LogP contribution in [0.1, 0.15) is 24.3 Å². The molecule has 0 atom stereocenters. The van der Waals surface area contributed by atoms with E-state index in [0.717, 1.165) is 19.6 Å². The molecule has 0 aliphatic rings. The summed E-state index contributed by atoms with van der Waals surface area (Å²) < 4.78 is 0. The zero-order valence-electron chi connectivity index (χ0n) is 11.3. The van der Waals surface area contributed by atoms with Crippen molar-refractivity contribution < 1.29 is 4.79 Å². The number of pyridine rings is 1. The third-order valence-corrected chi connectivity index (χ3v) is 2.63. The standard InChI is InChI=1S/C12H20N4O.2ClH/c1-3-16(4-2)8-7-14-12(17)11-6-5-10(13)9-15-11;;/h5-6,9H,3-4,7-8,13H2,1-2H3,(H,14,17);2*1H. The molecule has 3 N–H and O–H groups in total. The van der Waals surface area contributed by atoms with E-state index >= 15 is 0 Å². The summed E-state index contributed by atoms with van der Waals surface area (Å²) >= 11 is 0. The van der Waals surface area contributed by atoms with Gasteiger partial charge in [-0.25, -0.2) is 4.98 Å². The van der Waals surface area contributed by atoms with Crippen molar-refractivity contribution in [1.29, 1.82) is 0 Å². The van der Waals surface area contributed by atoms with Crippen molar-refractivity contribution in [2.45, 2.75) is 13.8 Å². The number of halogens is 2. The summed E-state index contributed by atoms with van der Waals surface area (Å²) in [6, 6.07) is 3.30. The van der Waals surface area contributed by atoms with Crippen LogP contribution in [0.25, 0.3) is 0 Å². The molecule has 5 nitrogen and oxygen atoms in total. The summed E-state index contributed by atoms with van der Waals surface area (Å²) in [5.74, 6) is -0.155. The number of nitrogen functional groups attached to an aromatic ring is 1. The zero-order valence-corrected chi connectivity index (χ0v) is 12.9. The number of likely N-dealkylation sites (N-methyl/N-ethyl adjacent to an activating group) is 1. The van der Waals surface area contributed by atoms with Gasteiger partial charge in [0.2, 0.25) is 0 Å². The molecule has 0 saturated heterocycles. The second kappa shape index (κ2) is 10.8. The van der Waals surface area contributed by atoms with Gasteiger partial charge in [0.25, 0.3) is 5.91 Å². The lowest BCUT2D eigenvalue weighted by molar-refractivity contribution is 0.0944. The maximum atomic E-state index is 11.7. The predicted octanol–water partition coefficient (Wildman–Crippen LogP) is 1.58. The lowest BCUT2D eigenvalue weighted by atomic mass is 10.3. The smallest absolute Gasteiger partial charge is 0.269 e. The van der Waals surface area contributed by atoms with Gasteiger partial charge in [-0.05, 0) is 25.2 Å². The van der Waals surface area contributed by atoms with Crippen molar-refractivity contribution in [1.82, 2.24) is 15.2 Å². The molecule has 0 saturated carbocycles. The topological polar surface area (TPSA) is 71.2 Å². The van der Waals surface area contributed by atoms with Gasteiger partial charge in [0.1, 0.15) is 5.69 Å². The fourth-order valence-electron chi connectivity index (χ4n) is 1.50. The van der Waals surface area contributed by atoms with Crippen molar-refractivity contribution in [2.75, 3.05) is 31.9 Å². The highest BCUT2D eigenvalue weighted by Crippen LogP contribution is 2.00. The Labute approximate surface area is 126 Å². The number of hydrogen-bond acceptors (Lipinski definition) is 4. The SMILES string of the molecule is CCN(CC)CCNC(=O)c1ccc(N)cn1.Cl.Cl. The summed E-state index contributed by atoms with van der Waals surface area (Å²) in [6.45, 7) is 7.68. The van der Waals surface area contributed by atoms with Gasteiger partial charge in [0, 0.05) is 13.1 Å². The fraction of sp³-hybridized carbons (Fsp3) is 0.500. The summed E-state index contributed by atoms with van der Waals surface area (Å²) in [5.41, 5.74) is 6.46. The molecule has 0 radical (unpaired) electrons. The normalized spacial score (nSPS) is 9.42. The quantitative estimate of drug-likeness (QED) is 0.837. The van der Waals surface area contributed by atoms with Crippen LogP contribution < -0.4 is 11.1 Å². The minimum absolute atomic E-state index is 0. The van der Waals surface area contributed by atoms with E-state index in [-0.39, 0.29) is 30.7 Å². The highest BCUT2D eigenvalue weighted by Gasteiger charge is 2.06. The Hall–Kier alpha value is -1.04. The first-order chi connectivity index (χ1) is 8.17. The maximum Gasteiger partial charge on any atom is 0.269 e. The molecule has 0 bridgehead atoms. The van der Waals surface area contributed by atoms with Crippen molar-refractivity contribution in [3.05, 3.63) is 24.0 Å². The second-order valence-electron chi connectivity index (χ2n) is 3.76. The Bertz CT molecular complexity index is 355. The minimum atomic E-state index is -0.155. The summed E-state index contributed by atoms with van der Waals surface area (Å²) in [7, 11) is 0. The summed E-state index contributed by atoms with van der Waals surface area (Å²) in [4.78, 5) is 17.9. The molecular weight excluding hydrogens is 287 g/mol. The highest BCUT2D eigenvalue weighted by atomic mass is 35.5. The van der Waals surface area contributed by atoms with E-state index in [0.29, 0.717) is 17.9 Å². The molecule has 7 heteroatoms. The van der Waals surface area contributed by atoms with E-state index in [1.165, 1.54) is 6.20 Å². The monoisotopic (exact) mass is 308 g/mol. The van der Waals surface area contributed by atoms with Gasteiger partial charge in [-0.1, -0.05) is 13.8 Å². The molecule has 0 unspecified atom stereocenters. The molecule has 0 aliphatic heterocycles. The Kier molecular flexibility index (Phi) is 11.6. The maximum absolute atomic E-state index is 11.7. The van der Waals surface area contributed by atoms with Crippen LogP contribution in [0.4, 0.5) is 5.69 Å². The molecule has 0 fully saturated rings. The van der Waals surface area contributed by atoms with E-state index in [9.17, 15) is 4.79 Å². The summed E-state index contributed by atoms with van der Waals surface area (Å²) in [5, 5.41) is 2.83. The molecule has 0 spiro atoms. The van der Waals surface area contributed by atoms with E-state index in [2.05, 4.69) is 29.0 Å². The number of nitrogens with two attached hydrogens (primary N) is 1. The number of amides is 1. The predicted molar refractivity (Wildman–Crippen MR) is 83.3 cm³/mol. The van der Waals surface area contributed by atoms with E-state index in [1.807, 2.05) is 0 Å². The fourth-order valence-corrected chi connectivity index (χ4v) is 1.50. The minimum Gasteiger partial charge on any atom is -0.397 e. The molecule has 110 valence electrons. The van der Waals surface area contributed by atoms with E-state index in [1.54, 1.807) is 12.1 Å². The van der Waals surface area contributed by atoms with Crippen LogP contribution in [0.5, 0.6) is 0 Å². The lowest BCUT2D eigenvalue weighted by Crippen LogP contribution is -2.35. The van der Waals surface area contributed by atoms with Gasteiger partial charge in [-0.2, -0.15) is 0 Å². The number of anilines is 1. The molecule has 0 aliphatic carbocycles.